The Labute approximate surface area is 119 Å². The lowest BCUT2D eigenvalue weighted by Gasteiger charge is -2.29. The maximum absolute atomic E-state index is 13.8. The zero-order chi connectivity index (χ0) is 14.6. The fourth-order valence-corrected chi connectivity index (χ4v) is 2.35. The molecule has 0 aliphatic carbocycles. The third-order valence-electron chi connectivity index (χ3n) is 3.78. The van der Waals surface area contributed by atoms with Crippen molar-refractivity contribution in [1.29, 1.82) is 0 Å². The largest absolute Gasteiger partial charge is 0.497 e. The average Bonchev–Trinajstić information content (AvgIpc) is 2.49. The van der Waals surface area contributed by atoms with Crippen molar-refractivity contribution in [3.8, 4) is 5.75 Å². The van der Waals surface area contributed by atoms with E-state index in [0.29, 0.717) is 18.5 Å². The SMILES string of the molecule is COc1ccc(C(C)(CN)Cc2ccccc2F)cc1. The van der Waals surface area contributed by atoms with Gasteiger partial charge in [0.2, 0.25) is 0 Å². The lowest BCUT2D eigenvalue weighted by atomic mass is 9.77. The summed E-state index contributed by atoms with van der Waals surface area (Å²) in [4.78, 5) is 0. The van der Waals surface area contributed by atoms with Crippen LogP contribution in [0.2, 0.25) is 0 Å². The van der Waals surface area contributed by atoms with E-state index in [9.17, 15) is 4.39 Å². The molecule has 2 nitrogen and oxygen atoms in total. The average molecular weight is 273 g/mol. The van der Waals surface area contributed by atoms with Gasteiger partial charge >= 0.3 is 0 Å². The lowest BCUT2D eigenvalue weighted by Crippen LogP contribution is -2.34. The molecule has 0 amide bonds. The highest BCUT2D eigenvalue weighted by Crippen LogP contribution is 2.29. The number of rotatable bonds is 5. The van der Waals surface area contributed by atoms with Crippen LogP contribution in [0.15, 0.2) is 48.5 Å². The van der Waals surface area contributed by atoms with Crippen molar-refractivity contribution in [2.75, 3.05) is 13.7 Å². The van der Waals surface area contributed by atoms with Gasteiger partial charge in [-0.15, -0.1) is 0 Å². The Morgan fingerprint density at radius 1 is 1.10 bits per heavy atom. The molecule has 106 valence electrons. The second-order valence-corrected chi connectivity index (χ2v) is 5.26. The van der Waals surface area contributed by atoms with E-state index in [4.69, 9.17) is 10.5 Å². The van der Waals surface area contributed by atoms with Crippen LogP contribution < -0.4 is 10.5 Å². The summed E-state index contributed by atoms with van der Waals surface area (Å²) in [6.45, 7) is 2.51. The maximum Gasteiger partial charge on any atom is 0.126 e. The van der Waals surface area contributed by atoms with Crippen LogP contribution >= 0.6 is 0 Å². The second kappa shape index (κ2) is 6.06. The summed E-state index contributed by atoms with van der Waals surface area (Å²) in [5, 5.41) is 0. The Balaban J connectivity index is 2.30. The van der Waals surface area contributed by atoms with E-state index in [1.165, 1.54) is 6.07 Å². The molecule has 1 atom stereocenters. The molecule has 2 N–H and O–H groups in total. The van der Waals surface area contributed by atoms with Gasteiger partial charge in [-0.25, -0.2) is 4.39 Å². The molecule has 3 heteroatoms. The lowest BCUT2D eigenvalue weighted by molar-refractivity contribution is 0.413. The van der Waals surface area contributed by atoms with Gasteiger partial charge in [-0.05, 0) is 35.7 Å². The fourth-order valence-electron chi connectivity index (χ4n) is 2.35. The molecule has 0 aromatic heterocycles. The molecule has 0 heterocycles. The van der Waals surface area contributed by atoms with Gasteiger partial charge in [0, 0.05) is 12.0 Å². The third-order valence-corrected chi connectivity index (χ3v) is 3.78. The first-order valence-electron chi connectivity index (χ1n) is 6.67. The van der Waals surface area contributed by atoms with Gasteiger partial charge in [-0.3, -0.25) is 0 Å². The van der Waals surface area contributed by atoms with Gasteiger partial charge in [0.05, 0.1) is 7.11 Å². The van der Waals surface area contributed by atoms with Crippen molar-refractivity contribution >= 4 is 0 Å². The smallest absolute Gasteiger partial charge is 0.126 e. The van der Waals surface area contributed by atoms with E-state index in [1.807, 2.05) is 36.4 Å². The first kappa shape index (κ1) is 14.5. The quantitative estimate of drug-likeness (QED) is 0.907. The van der Waals surface area contributed by atoms with E-state index in [-0.39, 0.29) is 11.2 Å². The zero-order valence-electron chi connectivity index (χ0n) is 11.9. The van der Waals surface area contributed by atoms with Gasteiger partial charge < -0.3 is 10.5 Å². The predicted molar refractivity (Wildman–Crippen MR) is 79.5 cm³/mol. The summed E-state index contributed by atoms with van der Waals surface area (Å²) in [5.41, 5.74) is 7.43. The van der Waals surface area contributed by atoms with Gasteiger partial charge in [-0.1, -0.05) is 37.3 Å². The molecule has 20 heavy (non-hydrogen) atoms. The Bertz CT molecular complexity index is 567. The Hall–Kier alpha value is -1.87. The Kier molecular flexibility index (Phi) is 4.40. The first-order valence-corrected chi connectivity index (χ1v) is 6.67. The van der Waals surface area contributed by atoms with Crippen molar-refractivity contribution in [1.82, 2.24) is 0 Å². The van der Waals surface area contributed by atoms with Crippen molar-refractivity contribution in [3.05, 3.63) is 65.5 Å². The summed E-state index contributed by atoms with van der Waals surface area (Å²) in [6.07, 6.45) is 0.572. The molecule has 0 aliphatic rings. The standard InChI is InChI=1S/C17H20FNO/c1-17(12-19,11-13-5-3-4-6-16(13)18)14-7-9-15(20-2)10-8-14/h3-10H,11-12,19H2,1-2H3. The fraction of sp³-hybridized carbons (Fsp3) is 0.294. The molecule has 0 saturated carbocycles. The summed E-state index contributed by atoms with van der Waals surface area (Å²) >= 11 is 0. The number of methoxy groups -OCH3 is 1. The van der Waals surface area contributed by atoms with Crippen molar-refractivity contribution in [2.24, 2.45) is 5.73 Å². The molecule has 0 aliphatic heterocycles. The van der Waals surface area contributed by atoms with Crippen LogP contribution in [0.25, 0.3) is 0 Å². The minimum Gasteiger partial charge on any atom is -0.497 e. The van der Waals surface area contributed by atoms with Crippen LogP contribution in [-0.2, 0) is 11.8 Å². The summed E-state index contributed by atoms with van der Waals surface area (Å²) in [5.74, 6) is 0.625. The van der Waals surface area contributed by atoms with E-state index in [1.54, 1.807) is 13.2 Å². The number of hydrogen-bond acceptors (Lipinski definition) is 2. The van der Waals surface area contributed by atoms with Crippen LogP contribution in [-0.4, -0.2) is 13.7 Å². The van der Waals surface area contributed by atoms with Crippen molar-refractivity contribution in [3.63, 3.8) is 0 Å². The molecule has 0 bridgehead atoms. The van der Waals surface area contributed by atoms with Crippen molar-refractivity contribution < 1.29 is 9.13 Å². The molecule has 0 spiro atoms. The topological polar surface area (TPSA) is 35.2 Å². The number of halogens is 1. The number of nitrogens with two attached hydrogens (primary N) is 1. The Morgan fingerprint density at radius 3 is 2.30 bits per heavy atom. The highest BCUT2D eigenvalue weighted by Gasteiger charge is 2.26. The minimum absolute atomic E-state index is 0.180. The number of hydrogen-bond donors (Lipinski definition) is 1. The molecule has 0 fully saturated rings. The molecule has 2 aromatic carbocycles. The minimum atomic E-state index is -0.297. The summed E-state index contributed by atoms with van der Waals surface area (Å²) < 4.78 is 19.0. The highest BCUT2D eigenvalue weighted by molar-refractivity contribution is 5.34. The molecule has 2 aromatic rings. The van der Waals surface area contributed by atoms with E-state index in [2.05, 4.69) is 6.92 Å². The van der Waals surface area contributed by atoms with E-state index in [0.717, 1.165) is 11.3 Å². The van der Waals surface area contributed by atoms with Gasteiger partial charge in [0.25, 0.3) is 0 Å². The zero-order valence-corrected chi connectivity index (χ0v) is 11.9. The van der Waals surface area contributed by atoms with Crippen LogP contribution in [0.4, 0.5) is 4.39 Å². The molecule has 0 radical (unpaired) electrons. The third kappa shape index (κ3) is 2.99. The molecule has 0 saturated heterocycles. The summed E-state index contributed by atoms with van der Waals surface area (Å²) in [7, 11) is 1.64. The number of benzene rings is 2. The highest BCUT2D eigenvalue weighted by atomic mass is 19.1. The molecular formula is C17H20FNO. The monoisotopic (exact) mass is 273 g/mol. The first-order chi connectivity index (χ1) is 9.59. The van der Waals surface area contributed by atoms with Crippen LogP contribution in [0.3, 0.4) is 0 Å². The second-order valence-electron chi connectivity index (χ2n) is 5.26. The van der Waals surface area contributed by atoms with Gasteiger partial charge in [-0.2, -0.15) is 0 Å². The summed E-state index contributed by atoms with van der Waals surface area (Å²) in [6, 6.07) is 14.6. The molecule has 1 unspecified atom stereocenters. The molecular weight excluding hydrogens is 253 g/mol. The van der Waals surface area contributed by atoms with Crippen molar-refractivity contribution in [2.45, 2.75) is 18.8 Å². The van der Waals surface area contributed by atoms with Gasteiger partial charge in [0.15, 0.2) is 0 Å². The van der Waals surface area contributed by atoms with E-state index >= 15 is 0 Å². The Morgan fingerprint density at radius 2 is 1.75 bits per heavy atom. The van der Waals surface area contributed by atoms with E-state index < -0.39 is 0 Å². The maximum atomic E-state index is 13.8. The number of ether oxygens (including phenoxy) is 1. The van der Waals surface area contributed by atoms with Gasteiger partial charge in [0.1, 0.15) is 11.6 Å². The van der Waals surface area contributed by atoms with Crippen LogP contribution in [0.1, 0.15) is 18.1 Å². The molecule has 2 rings (SSSR count). The van der Waals surface area contributed by atoms with Crippen LogP contribution in [0, 0.1) is 5.82 Å². The predicted octanol–water partition coefficient (Wildman–Crippen LogP) is 3.29. The van der Waals surface area contributed by atoms with Crippen LogP contribution in [0.5, 0.6) is 5.75 Å². The normalized spacial score (nSPS) is 13.8.